The lowest BCUT2D eigenvalue weighted by atomic mass is 9.95. The first-order chi connectivity index (χ1) is 17.0. The first kappa shape index (κ1) is 27.8. The van der Waals surface area contributed by atoms with Crippen LogP contribution in [0.1, 0.15) is 60.9 Å². The van der Waals surface area contributed by atoms with Crippen LogP contribution in [0.25, 0.3) is 0 Å². The molecule has 1 atom stereocenters. The Hall–Kier alpha value is -2.81. The van der Waals surface area contributed by atoms with Crippen LogP contribution in [0, 0.1) is 13.8 Å². The van der Waals surface area contributed by atoms with Crippen molar-refractivity contribution < 1.29 is 28.4 Å². The number of rotatable bonds is 5. The molecule has 2 aliphatic rings. The summed E-state index contributed by atoms with van der Waals surface area (Å²) >= 11 is 11.7. The predicted octanol–water partition coefficient (Wildman–Crippen LogP) is 6.65. The molecule has 36 heavy (non-hydrogen) atoms. The van der Waals surface area contributed by atoms with Crippen molar-refractivity contribution in [1.82, 2.24) is 5.06 Å². The van der Waals surface area contributed by atoms with Gasteiger partial charge in [0.15, 0.2) is 0 Å². The van der Waals surface area contributed by atoms with E-state index in [1.54, 1.807) is 13.2 Å². The molecule has 1 aliphatic carbocycles. The molecule has 0 spiro atoms. The van der Waals surface area contributed by atoms with E-state index in [-0.39, 0.29) is 17.6 Å². The lowest BCUT2D eigenvalue weighted by molar-refractivity contribution is -0.129. The number of benzene rings is 1. The van der Waals surface area contributed by atoms with Crippen LogP contribution in [-0.2, 0) is 14.4 Å². The fourth-order valence-corrected chi connectivity index (χ4v) is 4.79. The number of anilines is 1. The van der Waals surface area contributed by atoms with Crippen LogP contribution in [0.3, 0.4) is 0 Å². The summed E-state index contributed by atoms with van der Waals surface area (Å²) in [7, 11) is 1.56. The Morgan fingerprint density at radius 3 is 2.22 bits per heavy atom. The van der Waals surface area contributed by atoms with Crippen LogP contribution in [-0.4, -0.2) is 41.7 Å². The van der Waals surface area contributed by atoms with Gasteiger partial charge in [0, 0.05) is 10.0 Å². The molecule has 1 unspecified atom stereocenters. The van der Waals surface area contributed by atoms with Crippen molar-refractivity contribution in [2.24, 2.45) is 0 Å². The molecule has 194 valence electrons. The van der Waals surface area contributed by atoms with E-state index in [4.69, 9.17) is 37.2 Å². The Morgan fingerprint density at radius 2 is 1.75 bits per heavy atom. The number of hydroxylamine groups is 2. The van der Waals surface area contributed by atoms with Gasteiger partial charge in [-0.2, -0.15) is 0 Å². The Bertz CT molecular complexity index is 1140. The average molecular weight is 537 g/mol. The van der Waals surface area contributed by atoms with E-state index in [2.05, 4.69) is 6.58 Å². The minimum absolute atomic E-state index is 0.0845. The second-order valence-corrected chi connectivity index (χ2v) is 9.75. The van der Waals surface area contributed by atoms with Crippen molar-refractivity contribution in [3.05, 3.63) is 64.0 Å². The summed E-state index contributed by atoms with van der Waals surface area (Å²) in [5.41, 5.74) is -0.473. The number of furan rings is 1. The zero-order valence-electron chi connectivity index (χ0n) is 20.8. The second kappa shape index (κ2) is 11.5. The van der Waals surface area contributed by atoms with Crippen LogP contribution in [0.5, 0.6) is 0 Å². The standard InChI is InChI=1S/C14H21NO3.C12H9Cl2NO3/c1-10-9-13(11(2)18-10)14(16)15(17-3)12-7-5-4-6-8-12;1-3-12(2)10(16)15(11(17)18-12)9-5-7(13)4-8(14)6-9/h9,12H,4-8H2,1-3H3;3-6H,1H2,2H3. The fourth-order valence-electron chi connectivity index (χ4n) is 4.27. The summed E-state index contributed by atoms with van der Waals surface area (Å²) in [6.07, 6.45) is 6.14. The summed E-state index contributed by atoms with van der Waals surface area (Å²) in [5.74, 6) is 0.811. The van der Waals surface area contributed by atoms with E-state index in [1.165, 1.54) is 55.5 Å². The Kier molecular flexibility index (Phi) is 8.87. The van der Waals surface area contributed by atoms with E-state index < -0.39 is 17.6 Å². The van der Waals surface area contributed by atoms with Gasteiger partial charge < -0.3 is 9.15 Å². The quantitative estimate of drug-likeness (QED) is 0.313. The van der Waals surface area contributed by atoms with E-state index >= 15 is 0 Å². The van der Waals surface area contributed by atoms with Crippen LogP contribution in [0.4, 0.5) is 10.5 Å². The Labute approximate surface area is 220 Å². The Balaban J connectivity index is 0.000000201. The predicted molar refractivity (Wildman–Crippen MR) is 137 cm³/mol. The number of cyclic esters (lactones) is 1. The fraction of sp³-hybridized carbons (Fsp3) is 0.423. The van der Waals surface area contributed by atoms with Gasteiger partial charge in [-0.25, -0.2) is 14.8 Å². The number of carbonyl (C=O) groups excluding carboxylic acids is 3. The number of halogens is 2. The molecular weight excluding hydrogens is 507 g/mol. The van der Waals surface area contributed by atoms with Crippen molar-refractivity contribution in [2.75, 3.05) is 12.0 Å². The zero-order chi connectivity index (χ0) is 26.6. The normalized spacial score (nSPS) is 20.0. The van der Waals surface area contributed by atoms with Gasteiger partial charge in [-0.3, -0.25) is 14.4 Å². The minimum Gasteiger partial charge on any atom is -0.466 e. The third-order valence-corrected chi connectivity index (χ3v) is 6.62. The number of aryl methyl sites for hydroxylation is 2. The lowest BCUT2D eigenvalue weighted by Crippen LogP contribution is -2.40. The molecular formula is C26H30Cl2N2O6. The van der Waals surface area contributed by atoms with Crippen molar-refractivity contribution in [3.8, 4) is 0 Å². The molecule has 0 bridgehead atoms. The smallest absolute Gasteiger partial charge is 0.422 e. The molecule has 2 heterocycles. The van der Waals surface area contributed by atoms with E-state index in [9.17, 15) is 14.4 Å². The van der Waals surface area contributed by atoms with Gasteiger partial charge in [0.05, 0.1) is 24.4 Å². The van der Waals surface area contributed by atoms with E-state index in [0.717, 1.165) is 23.5 Å². The molecule has 8 nitrogen and oxygen atoms in total. The molecule has 1 saturated carbocycles. The number of ether oxygens (including phenoxy) is 1. The number of nitrogens with zero attached hydrogens (tertiary/aromatic N) is 2. The van der Waals surface area contributed by atoms with Gasteiger partial charge in [-0.15, -0.1) is 0 Å². The highest BCUT2D eigenvalue weighted by Crippen LogP contribution is 2.33. The third-order valence-electron chi connectivity index (χ3n) is 6.18. The average Bonchev–Trinajstić information content (AvgIpc) is 3.28. The summed E-state index contributed by atoms with van der Waals surface area (Å²) in [6.45, 7) is 8.61. The summed E-state index contributed by atoms with van der Waals surface area (Å²) < 4.78 is 10.4. The van der Waals surface area contributed by atoms with Crippen LogP contribution >= 0.6 is 23.2 Å². The van der Waals surface area contributed by atoms with Gasteiger partial charge in [0.2, 0.25) is 5.60 Å². The van der Waals surface area contributed by atoms with E-state index in [1.807, 2.05) is 13.8 Å². The van der Waals surface area contributed by atoms with Crippen LogP contribution in [0.15, 0.2) is 41.3 Å². The zero-order valence-corrected chi connectivity index (χ0v) is 22.3. The topological polar surface area (TPSA) is 89.3 Å². The molecule has 1 aromatic carbocycles. The number of carbonyl (C=O) groups is 3. The number of amides is 3. The first-order valence-corrected chi connectivity index (χ1v) is 12.4. The molecule has 4 rings (SSSR count). The van der Waals surface area contributed by atoms with Gasteiger partial charge >= 0.3 is 6.09 Å². The highest BCUT2D eigenvalue weighted by Gasteiger charge is 2.49. The largest absolute Gasteiger partial charge is 0.466 e. The van der Waals surface area contributed by atoms with Crippen molar-refractivity contribution in [1.29, 1.82) is 0 Å². The van der Waals surface area contributed by atoms with Crippen molar-refractivity contribution in [2.45, 2.75) is 64.5 Å². The maximum absolute atomic E-state index is 12.5. The first-order valence-electron chi connectivity index (χ1n) is 11.6. The minimum atomic E-state index is -1.36. The summed E-state index contributed by atoms with van der Waals surface area (Å²) in [6, 6.07) is 6.41. The number of imide groups is 1. The molecule has 0 N–H and O–H groups in total. The van der Waals surface area contributed by atoms with E-state index in [0.29, 0.717) is 21.4 Å². The highest BCUT2D eigenvalue weighted by atomic mass is 35.5. The van der Waals surface area contributed by atoms with Crippen molar-refractivity contribution in [3.63, 3.8) is 0 Å². The molecule has 1 aromatic heterocycles. The van der Waals surface area contributed by atoms with Gasteiger partial charge in [0.25, 0.3) is 11.8 Å². The molecule has 1 saturated heterocycles. The lowest BCUT2D eigenvalue weighted by Gasteiger charge is -2.31. The van der Waals surface area contributed by atoms with Crippen LogP contribution < -0.4 is 4.90 Å². The SMILES string of the molecule is C=CC1(C)OC(=O)N(c2cc(Cl)cc(Cl)c2)C1=O.CON(C(=O)c1cc(C)oc1C)C1CCCCC1. The summed E-state index contributed by atoms with van der Waals surface area (Å²) in [4.78, 5) is 42.5. The van der Waals surface area contributed by atoms with Crippen molar-refractivity contribution >= 4 is 46.8 Å². The molecule has 2 fully saturated rings. The molecule has 2 aromatic rings. The third kappa shape index (κ3) is 5.94. The number of hydrogen-bond donors (Lipinski definition) is 0. The summed E-state index contributed by atoms with van der Waals surface area (Å²) in [5, 5.41) is 2.17. The molecule has 3 amide bonds. The monoisotopic (exact) mass is 536 g/mol. The molecule has 10 heteroatoms. The molecule has 0 radical (unpaired) electrons. The maximum Gasteiger partial charge on any atom is 0.422 e. The highest BCUT2D eigenvalue weighted by molar-refractivity contribution is 6.35. The van der Waals surface area contributed by atoms with Gasteiger partial charge in [0.1, 0.15) is 11.5 Å². The molecule has 1 aliphatic heterocycles. The number of hydrogen-bond acceptors (Lipinski definition) is 6. The Morgan fingerprint density at radius 1 is 1.14 bits per heavy atom. The maximum atomic E-state index is 12.5. The van der Waals surface area contributed by atoms with Gasteiger partial charge in [-0.1, -0.05) is 49.0 Å². The van der Waals surface area contributed by atoms with Gasteiger partial charge in [-0.05, 0) is 64.0 Å². The second-order valence-electron chi connectivity index (χ2n) is 8.88. The van der Waals surface area contributed by atoms with Crippen LogP contribution in [0.2, 0.25) is 10.0 Å².